The molecule has 24 heavy (non-hydrogen) atoms. The van der Waals surface area contributed by atoms with Crippen molar-refractivity contribution in [2.24, 2.45) is 4.99 Å². The monoisotopic (exact) mass is 453 g/mol. The molecule has 0 fully saturated rings. The highest BCUT2D eigenvalue weighted by Gasteiger charge is 1.97. The number of methoxy groups -OCH3 is 1. The Balaban J connectivity index is 0.00000529. The highest BCUT2D eigenvalue weighted by atomic mass is 127. The Hall–Kier alpha value is -0.870. The van der Waals surface area contributed by atoms with Crippen molar-refractivity contribution in [1.29, 1.82) is 0 Å². The van der Waals surface area contributed by atoms with E-state index < -0.39 is 0 Å². The predicted molar refractivity (Wildman–Crippen MR) is 108 cm³/mol. The van der Waals surface area contributed by atoms with E-state index >= 15 is 0 Å². The van der Waals surface area contributed by atoms with Gasteiger partial charge in [-0.3, -0.25) is 9.67 Å². The molecule has 0 aliphatic heterocycles. The van der Waals surface area contributed by atoms with Gasteiger partial charge in [-0.15, -0.1) is 24.0 Å². The molecule has 0 spiro atoms. The second kappa shape index (κ2) is 17.0. The summed E-state index contributed by atoms with van der Waals surface area (Å²) in [5.74, 6) is 0.883. The zero-order valence-electron chi connectivity index (χ0n) is 14.9. The standard InChI is InChI=1S/C16H31N5O2.HI/c1-3-17-16(18-8-4-5-13-23-15-14-22-2)19-9-6-11-21-12-7-10-20-21;/h7,10,12H,3-6,8-9,11,13-15H2,1-2H3,(H2,17,18,19);1H. The number of aromatic nitrogens is 2. The van der Waals surface area contributed by atoms with E-state index in [1.165, 1.54) is 0 Å². The number of aryl methyl sites for hydroxylation is 1. The minimum absolute atomic E-state index is 0. The fraction of sp³-hybridized carbons (Fsp3) is 0.750. The zero-order chi connectivity index (χ0) is 16.6. The normalized spacial score (nSPS) is 11.2. The van der Waals surface area contributed by atoms with Gasteiger partial charge in [0.2, 0.25) is 0 Å². The molecule has 0 atom stereocenters. The van der Waals surface area contributed by atoms with Gasteiger partial charge in [-0.05, 0) is 32.3 Å². The summed E-state index contributed by atoms with van der Waals surface area (Å²) >= 11 is 0. The minimum atomic E-state index is 0. The molecule has 0 aromatic carbocycles. The lowest BCUT2D eigenvalue weighted by Gasteiger charge is -2.11. The molecule has 0 unspecified atom stereocenters. The fourth-order valence-corrected chi connectivity index (χ4v) is 1.98. The maximum atomic E-state index is 5.44. The molecule has 0 aliphatic rings. The van der Waals surface area contributed by atoms with Crippen LogP contribution < -0.4 is 10.6 Å². The second-order valence-electron chi connectivity index (χ2n) is 5.12. The first-order chi connectivity index (χ1) is 11.4. The van der Waals surface area contributed by atoms with Crippen molar-refractivity contribution in [3.8, 4) is 0 Å². The number of unbranched alkanes of at least 4 members (excludes halogenated alkanes) is 1. The first-order valence-corrected chi connectivity index (χ1v) is 8.43. The van der Waals surface area contributed by atoms with Crippen molar-refractivity contribution >= 4 is 29.9 Å². The van der Waals surface area contributed by atoms with Crippen LogP contribution in [0.25, 0.3) is 0 Å². The average Bonchev–Trinajstić information content (AvgIpc) is 3.07. The summed E-state index contributed by atoms with van der Waals surface area (Å²) in [4.78, 5) is 4.58. The number of aliphatic imine (C=N–C) groups is 1. The van der Waals surface area contributed by atoms with Crippen LogP contribution >= 0.6 is 24.0 Å². The van der Waals surface area contributed by atoms with E-state index in [1.807, 2.05) is 16.9 Å². The van der Waals surface area contributed by atoms with Gasteiger partial charge in [-0.2, -0.15) is 5.10 Å². The number of rotatable bonds is 13. The molecule has 1 aromatic heterocycles. The molecule has 0 radical (unpaired) electrons. The largest absolute Gasteiger partial charge is 0.382 e. The van der Waals surface area contributed by atoms with Crippen LogP contribution in [0.1, 0.15) is 26.2 Å². The van der Waals surface area contributed by atoms with Crippen molar-refractivity contribution in [1.82, 2.24) is 20.4 Å². The van der Waals surface area contributed by atoms with Crippen molar-refractivity contribution in [3.05, 3.63) is 18.5 Å². The fourth-order valence-electron chi connectivity index (χ4n) is 1.98. The molecule has 0 saturated heterocycles. The highest BCUT2D eigenvalue weighted by molar-refractivity contribution is 14.0. The van der Waals surface area contributed by atoms with Crippen molar-refractivity contribution < 1.29 is 9.47 Å². The van der Waals surface area contributed by atoms with E-state index in [9.17, 15) is 0 Å². The Bertz CT molecular complexity index is 401. The highest BCUT2D eigenvalue weighted by Crippen LogP contribution is 1.91. The maximum absolute atomic E-state index is 5.44. The maximum Gasteiger partial charge on any atom is 0.191 e. The molecule has 0 bridgehead atoms. The summed E-state index contributed by atoms with van der Waals surface area (Å²) in [6.45, 7) is 7.64. The van der Waals surface area contributed by atoms with Crippen LogP contribution in [0.2, 0.25) is 0 Å². The zero-order valence-corrected chi connectivity index (χ0v) is 17.2. The van der Waals surface area contributed by atoms with E-state index in [0.717, 1.165) is 58.0 Å². The lowest BCUT2D eigenvalue weighted by Crippen LogP contribution is -2.38. The number of hydrogen-bond donors (Lipinski definition) is 2. The molecule has 1 heterocycles. The van der Waals surface area contributed by atoms with E-state index in [-0.39, 0.29) is 24.0 Å². The Labute approximate surface area is 162 Å². The van der Waals surface area contributed by atoms with Crippen LogP contribution in [0, 0.1) is 0 Å². The van der Waals surface area contributed by atoms with E-state index in [2.05, 4.69) is 27.6 Å². The van der Waals surface area contributed by atoms with Gasteiger partial charge in [-0.1, -0.05) is 0 Å². The number of guanidine groups is 1. The smallest absolute Gasteiger partial charge is 0.191 e. The first kappa shape index (κ1) is 23.1. The predicted octanol–water partition coefficient (Wildman–Crippen LogP) is 1.89. The molecular weight excluding hydrogens is 421 g/mol. The molecule has 7 nitrogen and oxygen atoms in total. The summed E-state index contributed by atoms with van der Waals surface area (Å²) in [6, 6.07) is 1.94. The molecule has 140 valence electrons. The quantitative estimate of drug-likeness (QED) is 0.207. The number of halogens is 1. The van der Waals surface area contributed by atoms with Gasteiger partial charge < -0.3 is 20.1 Å². The van der Waals surface area contributed by atoms with Gasteiger partial charge in [0, 0.05) is 52.3 Å². The van der Waals surface area contributed by atoms with E-state index in [0.29, 0.717) is 13.2 Å². The van der Waals surface area contributed by atoms with Crippen LogP contribution in [0.15, 0.2) is 23.5 Å². The van der Waals surface area contributed by atoms with Gasteiger partial charge in [0.1, 0.15) is 0 Å². The van der Waals surface area contributed by atoms with Crippen LogP contribution in [-0.2, 0) is 16.0 Å². The van der Waals surface area contributed by atoms with Crippen LogP contribution in [0.3, 0.4) is 0 Å². The van der Waals surface area contributed by atoms with Crippen molar-refractivity contribution in [2.45, 2.75) is 32.7 Å². The third-order valence-electron chi connectivity index (χ3n) is 3.16. The van der Waals surface area contributed by atoms with Crippen molar-refractivity contribution in [3.63, 3.8) is 0 Å². The molecule has 0 aliphatic carbocycles. The average molecular weight is 453 g/mol. The van der Waals surface area contributed by atoms with Crippen LogP contribution in [-0.4, -0.2) is 62.3 Å². The number of ether oxygens (including phenoxy) is 2. The van der Waals surface area contributed by atoms with Crippen LogP contribution in [0.5, 0.6) is 0 Å². The van der Waals surface area contributed by atoms with Crippen LogP contribution in [0.4, 0.5) is 0 Å². The lowest BCUT2D eigenvalue weighted by atomic mass is 10.3. The summed E-state index contributed by atoms with van der Waals surface area (Å²) < 4.78 is 12.3. The summed E-state index contributed by atoms with van der Waals surface area (Å²) in [7, 11) is 1.68. The first-order valence-electron chi connectivity index (χ1n) is 8.43. The Morgan fingerprint density at radius 2 is 2.04 bits per heavy atom. The lowest BCUT2D eigenvalue weighted by molar-refractivity contribution is 0.0689. The Morgan fingerprint density at radius 1 is 1.17 bits per heavy atom. The van der Waals surface area contributed by atoms with E-state index in [4.69, 9.17) is 9.47 Å². The third-order valence-corrected chi connectivity index (χ3v) is 3.16. The number of nitrogens with one attached hydrogen (secondary N) is 2. The van der Waals surface area contributed by atoms with Gasteiger partial charge in [0.25, 0.3) is 0 Å². The molecule has 8 heteroatoms. The number of nitrogens with zero attached hydrogens (tertiary/aromatic N) is 3. The molecule has 0 amide bonds. The van der Waals surface area contributed by atoms with E-state index in [1.54, 1.807) is 13.3 Å². The number of hydrogen-bond acceptors (Lipinski definition) is 4. The summed E-state index contributed by atoms with van der Waals surface area (Å²) in [5.41, 5.74) is 0. The van der Waals surface area contributed by atoms with Gasteiger partial charge in [0.05, 0.1) is 13.2 Å². The second-order valence-corrected chi connectivity index (χ2v) is 5.12. The molecule has 1 aromatic rings. The summed E-state index contributed by atoms with van der Waals surface area (Å²) in [6.07, 6.45) is 6.85. The van der Waals surface area contributed by atoms with Gasteiger partial charge in [-0.25, -0.2) is 0 Å². The van der Waals surface area contributed by atoms with Crippen molar-refractivity contribution in [2.75, 3.05) is 46.6 Å². The third kappa shape index (κ3) is 12.5. The summed E-state index contributed by atoms with van der Waals surface area (Å²) in [5, 5.41) is 10.8. The molecule has 2 N–H and O–H groups in total. The molecule has 0 saturated carbocycles. The minimum Gasteiger partial charge on any atom is -0.382 e. The molecule has 1 rings (SSSR count). The topological polar surface area (TPSA) is 72.7 Å². The Morgan fingerprint density at radius 3 is 2.75 bits per heavy atom. The Kier molecular flexibility index (Phi) is 16.4. The SMILES string of the molecule is CCNC(=NCCCn1cccn1)NCCCCOCCOC.I. The van der Waals surface area contributed by atoms with Gasteiger partial charge in [0.15, 0.2) is 5.96 Å². The van der Waals surface area contributed by atoms with Gasteiger partial charge >= 0.3 is 0 Å². The molecular formula is C16H32IN5O2.